The minimum Gasteiger partial charge on any atom is -0.420 e. The molecule has 0 amide bonds. The number of hydrogen-bond acceptors (Lipinski definition) is 4. The summed E-state index contributed by atoms with van der Waals surface area (Å²) >= 11 is 0. The second kappa shape index (κ2) is 5.03. The van der Waals surface area contributed by atoms with Gasteiger partial charge in [-0.2, -0.15) is 0 Å². The van der Waals surface area contributed by atoms with Gasteiger partial charge in [0.25, 0.3) is 0 Å². The summed E-state index contributed by atoms with van der Waals surface area (Å²) in [4.78, 5) is 0. The topological polar surface area (TPSA) is 64.9 Å². The van der Waals surface area contributed by atoms with Crippen LogP contribution >= 0.6 is 0 Å². The molecular weight excluding hydrogens is 238 g/mol. The molecule has 0 spiro atoms. The van der Waals surface area contributed by atoms with Crippen molar-refractivity contribution in [3.05, 3.63) is 29.7 Å². The molecule has 0 saturated heterocycles. The zero-order valence-corrected chi connectivity index (χ0v) is 11.2. The molecule has 19 heavy (non-hydrogen) atoms. The van der Waals surface area contributed by atoms with Gasteiger partial charge in [-0.05, 0) is 43.5 Å². The highest BCUT2D eigenvalue weighted by Crippen LogP contribution is 2.33. The molecule has 1 aliphatic rings. The second-order valence-corrected chi connectivity index (χ2v) is 5.41. The van der Waals surface area contributed by atoms with Crippen molar-refractivity contribution in [1.82, 2.24) is 10.2 Å². The summed E-state index contributed by atoms with van der Waals surface area (Å²) in [6, 6.07) is 5.83. The standard InChI is InChI=1S/C15H19N3O/c1-10-7-12(9-13(16)8-10)15-18-17-14(19-15)11-5-3-2-4-6-11/h7-9,11H,2-6,16H2,1H3. The molecule has 4 nitrogen and oxygen atoms in total. The summed E-state index contributed by atoms with van der Waals surface area (Å²) in [6.07, 6.45) is 6.18. The van der Waals surface area contributed by atoms with Crippen LogP contribution in [0.3, 0.4) is 0 Å². The predicted molar refractivity (Wildman–Crippen MR) is 74.7 cm³/mol. The number of nitrogens with two attached hydrogens (primary N) is 1. The molecule has 1 heterocycles. The van der Waals surface area contributed by atoms with E-state index in [1.54, 1.807) is 0 Å². The summed E-state index contributed by atoms with van der Waals surface area (Å²) in [5, 5.41) is 8.39. The fourth-order valence-electron chi connectivity index (χ4n) is 2.80. The molecule has 1 aromatic heterocycles. The minimum absolute atomic E-state index is 0.442. The molecule has 2 N–H and O–H groups in total. The quantitative estimate of drug-likeness (QED) is 0.833. The van der Waals surface area contributed by atoms with Gasteiger partial charge in [0.15, 0.2) is 0 Å². The van der Waals surface area contributed by atoms with E-state index in [-0.39, 0.29) is 0 Å². The molecule has 0 unspecified atom stereocenters. The van der Waals surface area contributed by atoms with E-state index in [9.17, 15) is 0 Å². The van der Waals surface area contributed by atoms with Crippen LogP contribution < -0.4 is 5.73 Å². The van der Waals surface area contributed by atoms with Crippen LogP contribution in [0.1, 0.15) is 49.5 Å². The fraction of sp³-hybridized carbons (Fsp3) is 0.467. The lowest BCUT2D eigenvalue weighted by Crippen LogP contribution is -2.04. The van der Waals surface area contributed by atoms with Crippen molar-refractivity contribution in [2.45, 2.75) is 44.9 Å². The maximum atomic E-state index is 5.86. The molecule has 0 atom stereocenters. The lowest BCUT2D eigenvalue weighted by atomic mass is 9.89. The van der Waals surface area contributed by atoms with Crippen molar-refractivity contribution >= 4 is 5.69 Å². The van der Waals surface area contributed by atoms with Crippen LogP contribution in [0.5, 0.6) is 0 Å². The molecule has 2 aromatic rings. The molecule has 1 fully saturated rings. The van der Waals surface area contributed by atoms with Gasteiger partial charge in [-0.25, -0.2) is 0 Å². The molecule has 1 aromatic carbocycles. The van der Waals surface area contributed by atoms with Crippen LogP contribution in [-0.4, -0.2) is 10.2 Å². The highest BCUT2D eigenvalue weighted by molar-refractivity contribution is 5.61. The number of aromatic nitrogens is 2. The van der Waals surface area contributed by atoms with Crippen molar-refractivity contribution in [3.8, 4) is 11.5 Å². The Kier molecular flexibility index (Phi) is 3.23. The van der Waals surface area contributed by atoms with E-state index in [1.807, 2.05) is 25.1 Å². The van der Waals surface area contributed by atoms with E-state index in [0.717, 1.165) is 35.5 Å². The Hall–Kier alpha value is -1.84. The molecule has 0 aliphatic heterocycles. The number of nitrogen functional groups attached to an aromatic ring is 1. The number of nitrogens with zero attached hydrogens (tertiary/aromatic N) is 2. The van der Waals surface area contributed by atoms with Crippen LogP contribution in [0.2, 0.25) is 0 Å². The highest BCUT2D eigenvalue weighted by atomic mass is 16.4. The number of aryl methyl sites for hydroxylation is 1. The van der Waals surface area contributed by atoms with Crippen molar-refractivity contribution in [1.29, 1.82) is 0 Å². The number of rotatable bonds is 2. The first-order chi connectivity index (χ1) is 9.22. The monoisotopic (exact) mass is 257 g/mol. The molecule has 4 heteroatoms. The Morgan fingerprint density at radius 3 is 2.63 bits per heavy atom. The van der Waals surface area contributed by atoms with Crippen LogP contribution in [0.25, 0.3) is 11.5 Å². The Morgan fingerprint density at radius 2 is 1.89 bits per heavy atom. The lowest BCUT2D eigenvalue weighted by Gasteiger charge is -2.17. The SMILES string of the molecule is Cc1cc(N)cc(-c2nnc(C3CCCCC3)o2)c1. The number of benzene rings is 1. The van der Waals surface area contributed by atoms with Gasteiger partial charge in [0.2, 0.25) is 11.8 Å². The molecule has 1 saturated carbocycles. The summed E-state index contributed by atoms with van der Waals surface area (Å²) in [5.74, 6) is 1.81. The minimum atomic E-state index is 0.442. The third-order valence-electron chi connectivity index (χ3n) is 3.74. The van der Waals surface area contributed by atoms with Gasteiger partial charge >= 0.3 is 0 Å². The predicted octanol–water partition coefficient (Wildman–Crippen LogP) is 3.67. The van der Waals surface area contributed by atoms with Gasteiger partial charge in [0, 0.05) is 17.2 Å². The first-order valence-electron chi connectivity index (χ1n) is 6.93. The maximum absolute atomic E-state index is 5.86. The van der Waals surface area contributed by atoms with Crippen LogP contribution in [0.15, 0.2) is 22.6 Å². The van der Waals surface area contributed by atoms with Crippen LogP contribution in [0, 0.1) is 6.92 Å². The molecule has 100 valence electrons. The molecule has 3 rings (SSSR count). The van der Waals surface area contributed by atoms with E-state index < -0.39 is 0 Å². The Labute approximate surface area is 113 Å². The fourth-order valence-corrected chi connectivity index (χ4v) is 2.80. The summed E-state index contributed by atoms with van der Waals surface area (Å²) in [7, 11) is 0. The van der Waals surface area contributed by atoms with Gasteiger partial charge in [-0.1, -0.05) is 19.3 Å². The normalized spacial score (nSPS) is 16.7. The zero-order chi connectivity index (χ0) is 13.2. The summed E-state index contributed by atoms with van der Waals surface area (Å²) in [6.45, 7) is 2.01. The third kappa shape index (κ3) is 2.62. The first-order valence-corrected chi connectivity index (χ1v) is 6.93. The Balaban J connectivity index is 1.87. The molecule has 1 aliphatic carbocycles. The van der Waals surface area contributed by atoms with E-state index in [0.29, 0.717) is 11.8 Å². The Morgan fingerprint density at radius 1 is 1.11 bits per heavy atom. The second-order valence-electron chi connectivity index (χ2n) is 5.41. The van der Waals surface area contributed by atoms with Gasteiger partial charge in [-0.15, -0.1) is 10.2 Å². The molecule has 0 radical (unpaired) electrons. The lowest BCUT2D eigenvalue weighted by molar-refractivity contribution is 0.367. The largest absolute Gasteiger partial charge is 0.420 e. The van der Waals surface area contributed by atoms with Crippen LogP contribution in [-0.2, 0) is 0 Å². The van der Waals surface area contributed by atoms with Crippen molar-refractivity contribution in [2.24, 2.45) is 0 Å². The van der Waals surface area contributed by atoms with Gasteiger partial charge in [0.05, 0.1) is 0 Å². The third-order valence-corrected chi connectivity index (χ3v) is 3.74. The van der Waals surface area contributed by atoms with Crippen molar-refractivity contribution in [2.75, 3.05) is 5.73 Å². The molecular formula is C15H19N3O. The van der Waals surface area contributed by atoms with E-state index in [2.05, 4.69) is 10.2 Å². The Bertz CT molecular complexity index is 550. The van der Waals surface area contributed by atoms with Gasteiger partial charge in [0.1, 0.15) is 0 Å². The number of hydrogen-bond donors (Lipinski definition) is 1. The maximum Gasteiger partial charge on any atom is 0.247 e. The molecule has 0 bridgehead atoms. The van der Waals surface area contributed by atoms with Crippen molar-refractivity contribution in [3.63, 3.8) is 0 Å². The number of anilines is 1. The van der Waals surface area contributed by atoms with Crippen molar-refractivity contribution < 1.29 is 4.42 Å². The first kappa shape index (κ1) is 12.2. The van der Waals surface area contributed by atoms with Gasteiger partial charge < -0.3 is 10.2 Å². The van der Waals surface area contributed by atoms with Crippen LogP contribution in [0.4, 0.5) is 5.69 Å². The van der Waals surface area contributed by atoms with E-state index in [1.165, 1.54) is 19.3 Å². The summed E-state index contributed by atoms with van der Waals surface area (Å²) < 4.78 is 5.84. The zero-order valence-electron chi connectivity index (χ0n) is 11.2. The summed E-state index contributed by atoms with van der Waals surface area (Å²) in [5.41, 5.74) is 8.60. The van der Waals surface area contributed by atoms with Gasteiger partial charge in [-0.3, -0.25) is 0 Å². The van der Waals surface area contributed by atoms with E-state index >= 15 is 0 Å². The highest BCUT2D eigenvalue weighted by Gasteiger charge is 2.21. The van der Waals surface area contributed by atoms with E-state index in [4.69, 9.17) is 10.2 Å². The average molecular weight is 257 g/mol. The smallest absolute Gasteiger partial charge is 0.247 e. The average Bonchev–Trinajstić information content (AvgIpc) is 2.88.